The number of aromatic nitrogens is 3. The minimum Gasteiger partial charge on any atom is -0.465 e. The third kappa shape index (κ3) is 6.11. The molecule has 0 bridgehead atoms. The van der Waals surface area contributed by atoms with Gasteiger partial charge in [0.1, 0.15) is 6.54 Å². The van der Waals surface area contributed by atoms with Crippen LogP contribution < -0.4 is 5.69 Å². The van der Waals surface area contributed by atoms with Crippen molar-refractivity contribution in [3.8, 4) is 11.4 Å². The quantitative estimate of drug-likeness (QED) is 0.268. The summed E-state index contributed by atoms with van der Waals surface area (Å²) in [6.07, 6.45) is 0.257. The molecular weight excluding hydrogens is 502 g/mol. The van der Waals surface area contributed by atoms with Crippen molar-refractivity contribution >= 4 is 23.4 Å². The van der Waals surface area contributed by atoms with Gasteiger partial charge in [-0.2, -0.15) is 0 Å². The standard InChI is InChI=1S/C30H30ClN3O4/c1-20-7-5-10-24(15-20)30(2,3)17-26(35)19-34-29(37)33(27(32-34)22-11-13-25(31)14-12-22)18-21-8-6-9-23(16-21)28(36)38-4/h5-16H,17-19H2,1-4H3. The number of Topliss-reactive ketones (excluding diaryl/α,β-unsaturated/α-hetero) is 1. The predicted octanol–water partition coefficient (Wildman–Crippen LogP) is 5.45. The van der Waals surface area contributed by atoms with Crippen LogP contribution in [0.3, 0.4) is 0 Å². The van der Waals surface area contributed by atoms with Crippen molar-refractivity contribution in [2.75, 3.05) is 7.11 Å². The molecule has 0 aliphatic heterocycles. The molecule has 3 aromatic carbocycles. The highest BCUT2D eigenvalue weighted by molar-refractivity contribution is 6.30. The van der Waals surface area contributed by atoms with Crippen LogP contribution in [0.15, 0.2) is 77.6 Å². The summed E-state index contributed by atoms with van der Waals surface area (Å²) in [6, 6.07) is 22.0. The number of carbonyl (C=O) groups excluding carboxylic acids is 2. The fourth-order valence-electron chi connectivity index (χ4n) is 4.48. The van der Waals surface area contributed by atoms with Crippen molar-refractivity contribution in [2.24, 2.45) is 0 Å². The highest BCUT2D eigenvalue weighted by atomic mass is 35.5. The van der Waals surface area contributed by atoms with E-state index in [0.717, 1.165) is 16.7 Å². The number of hydrogen-bond donors (Lipinski definition) is 0. The van der Waals surface area contributed by atoms with Gasteiger partial charge in [-0.25, -0.2) is 14.3 Å². The molecule has 0 radical (unpaired) electrons. The number of methoxy groups -OCH3 is 1. The Morgan fingerprint density at radius 1 is 1.00 bits per heavy atom. The molecule has 0 fully saturated rings. The van der Waals surface area contributed by atoms with Crippen molar-refractivity contribution in [1.82, 2.24) is 14.3 Å². The molecule has 196 valence electrons. The Bertz CT molecular complexity index is 1530. The van der Waals surface area contributed by atoms with Gasteiger partial charge in [-0.1, -0.05) is 67.4 Å². The molecule has 0 N–H and O–H groups in total. The fourth-order valence-corrected chi connectivity index (χ4v) is 4.61. The summed E-state index contributed by atoms with van der Waals surface area (Å²) in [6.45, 7) is 6.07. The number of benzene rings is 3. The summed E-state index contributed by atoms with van der Waals surface area (Å²) in [7, 11) is 1.32. The van der Waals surface area contributed by atoms with Gasteiger partial charge in [0.15, 0.2) is 11.6 Å². The Morgan fingerprint density at radius 3 is 2.39 bits per heavy atom. The zero-order chi connectivity index (χ0) is 27.4. The lowest BCUT2D eigenvalue weighted by Crippen LogP contribution is -2.30. The third-order valence-corrected chi connectivity index (χ3v) is 6.73. The SMILES string of the molecule is COC(=O)c1cccc(Cn2c(-c3ccc(Cl)cc3)nn(CC(=O)CC(C)(C)c3cccc(C)c3)c2=O)c1. The van der Waals surface area contributed by atoms with E-state index in [2.05, 4.69) is 11.2 Å². The van der Waals surface area contributed by atoms with Gasteiger partial charge in [-0.05, 0) is 59.9 Å². The van der Waals surface area contributed by atoms with Crippen molar-refractivity contribution in [2.45, 2.75) is 45.7 Å². The Kier molecular flexibility index (Phi) is 7.97. The molecule has 0 amide bonds. The monoisotopic (exact) mass is 531 g/mol. The van der Waals surface area contributed by atoms with Crippen molar-refractivity contribution in [3.05, 3.63) is 111 Å². The summed E-state index contributed by atoms with van der Waals surface area (Å²) in [5.41, 5.74) is 3.16. The molecule has 0 unspecified atom stereocenters. The van der Waals surface area contributed by atoms with Crippen LogP contribution in [-0.4, -0.2) is 33.2 Å². The topological polar surface area (TPSA) is 83.2 Å². The van der Waals surface area contributed by atoms with Crippen LogP contribution >= 0.6 is 11.6 Å². The summed E-state index contributed by atoms with van der Waals surface area (Å²) in [5.74, 6) is -0.158. The van der Waals surface area contributed by atoms with E-state index in [1.807, 2.05) is 45.0 Å². The molecule has 1 aromatic heterocycles. The van der Waals surface area contributed by atoms with E-state index in [4.69, 9.17) is 16.3 Å². The zero-order valence-electron chi connectivity index (χ0n) is 21.9. The van der Waals surface area contributed by atoms with Crippen molar-refractivity contribution in [3.63, 3.8) is 0 Å². The Hall–Kier alpha value is -3.97. The zero-order valence-corrected chi connectivity index (χ0v) is 22.7. The Morgan fingerprint density at radius 2 is 1.71 bits per heavy atom. The predicted molar refractivity (Wildman–Crippen MR) is 148 cm³/mol. The summed E-state index contributed by atoms with van der Waals surface area (Å²) < 4.78 is 7.53. The molecule has 0 aliphatic rings. The molecule has 0 spiro atoms. The molecule has 0 saturated heterocycles. The van der Waals surface area contributed by atoms with Crippen LogP contribution in [0.1, 0.15) is 47.3 Å². The maximum absolute atomic E-state index is 13.5. The number of carbonyl (C=O) groups is 2. The average molecular weight is 532 g/mol. The molecule has 1 heterocycles. The first kappa shape index (κ1) is 27.1. The van der Waals surface area contributed by atoms with Crippen LogP contribution in [0.2, 0.25) is 5.02 Å². The third-order valence-electron chi connectivity index (χ3n) is 6.48. The molecule has 0 saturated carbocycles. The van der Waals surface area contributed by atoms with Gasteiger partial charge in [0, 0.05) is 17.0 Å². The van der Waals surface area contributed by atoms with E-state index in [-0.39, 0.29) is 25.3 Å². The van der Waals surface area contributed by atoms with Crippen LogP contribution in [-0.2, 0) is 28.0 Å². The second kappa shape index (κ2) is 11.2. The number of hydrogen-bond acceptors (Lipinski definition) is 5. The van der Waals surface area contributed by atoms with Gasteiger partial charge in [0.2, 0.25) is 0 Å². The van der Waals surface area contributed by atoms with E-state index >= 15 is 0 Å². The van der Waals surface area contributed by atoms with Gasteiger partial charge in [-0.3, -0.25) is 9.36 Å². The van der Waals surface area contributed by atoms with E-state index in [0.29, 0.717) is 22.0 Å². The molecule has 8 heteroatoms. The lowest BCUT2D eigenvalue weighted by atomic mass is 9.79. The highest BCUT2D eigenvalue weighted by Crippen LogP contribution is 2.28. The normalized spacial score (nSPS) is 11.4. The smallest absolute Gasteiger partial charge is 0.346 e. The molecule has 0 atom stereocenters. The molecule has 38 heavy (non-hydrogen) atoms. The first-order valence-electron chi connectivity index (χ1n) is 12.3. The molecule has 7 nitrogen and oxygen atoms in total. The lowest BCUT2D eigenvalue weighted by molar-refractivity contribution is -0.120. The van der Waals surface area contributed by atoms with Gasteiger partial charge in [-0.15, -0.1) is 5.10 Å². The number of aryl methyl sites for hydroxylation is 1. The van der Waals surface area contributed by atoms with Crippen molar-refractivity contribution in [1.29, 1.82) is 0 Å². The van der Waals surface area contributed by atoms with Crippen LogP contribution in [0.4, 0.5) is 0 Å². The number of esters is 1. The number of ether oxygens (including phenoxy) is 1. The summed E-state index contributed by atoms with van der Waals surface area (Å²) >= 11 is 6.07. The maximum Gasteiger partial charge on any atom is 0.346 e. The second-order valence-corrected chi connectivity index (χ2v) is 10.5. The molecule has 0 aliphatic carbocycles. The minimum absolute atomic E-state index is 0.0985. The number of rotatable bonds is 9. The minimum atomic E-state index is -0.463. The van der Waals surface area contributed by atoms with Crippen molar-refractivity contribution < 1.29 is 14.3 Å². The first-order chi connectivity index (χ1) is 18.1. The molecular formula is C30H30ClN3O4. The lowest BCUT2D eigenvalue weighted by Gasteiger charge is -2.24. The average Bonchev–Trinajstić information content (AvgIpc) is 3.18. The van der Waals surface area contributed by atoms with Gasteiger partial charge >= 0.3 is 11.7 Å². The highest BCUT2D eigenvalue weighted by Gasteiger charge is 2.26. The van der Waals surface area contributed by atoms with Gasteiger partial charge in [0.05, 0.1) is 19.2 Å². The second-order valence-electron chi connectivity index (χ2n) is 10.0. The van der Waals surface area contributed by atoms with Crippen LogP contribution in [0.25, 0.3) is 11.4 Å². The fraction of sp³-hybridized carbons (Fsp3) is 0.267. The van der Waals surface area contributed by atoms with Gasteiger partial charge in [0.25, 0.3) is 0 Å². The number of halogens is 1. The first-order valence-corrected chi connectivity index (χ1v) is 12.6. The van der Waals surface area contributed by atoms with Gasteiger partial charge < -0.3 is 4.74 Å². The van der Waals surface area contributed by atoms with Crippen LogP contribution in [0.5, 0.6) is 0 Å². The molecule has 4 aromatic rings. The largest absolute Gasteiger partial charge is 0.465 e. The van der Waals surface area contributed by atoms with E-state index in [1.165, 1.54) is 16.4 Å². The molecule has 4 rings (SSSR count). The van der Waals surface area contributed by atoms with Crippen LogP contribution in [0, 0.1) is 6.92 Å². The Labute approximate surface area is 226 Å². The Balaban J connectivity index is 1.66. The van der Waals surface area contributed by atoms with E-state index in [9.17, 15) is 14.4 Å². The van der Waals surface area contributed by atoms with E-state index in [1.54, 1.807) is 42.5 Å². The maximum atomic E-state index is 13.5. The summed E-state index contributed by atoms with van der Waals surface area (Å²) in [5, 5.41) is 5.10. The number of ketones is 1. The van der Waals surface area contributed by atoms with E-state index < -0.39 is 17.1 Å². The number of nitrogens with zero attached hydrogens (tertiary/aromatic N) is 3. The summed E-state index contributed by atoms with van der Waals surface area (Å²) in [4.78, 5) is 38.7.